The van der Waals surface area contributed by atoms with Gasteiger partial charge in [0.15, 0.2) is 0 Å². The fourth-order valence-electron chi connectivity index (χ4n) is 4.27. The second-order valence-electron chi connectivity index (χ2n) is 7.95. The smallest absolute Gasteiger partial charge is 0.233 e. The van der Waals surface area contributed by atoms with Crippen molar-refractivity contribution in [2.24, 2.45) is 5.92 Å². The zero-order valence-electron chi connectivity index (χ0n) is 16.2. The van der Waals surface area contributed by atoms with Gasteiger partial charge in [-0.2, -0.15) is 0 Å². The van der Waals surface area contributed by atoms with Crippen molar-refractivity contribution in [3.63, 3.8) is 0 Å². The van der Waals surface area contributed by atoms with E-state index in [1.165, 1.54) is 57.8 Å². The zero-order valence-corrected chi connectivity index (χ0v) is 16.2. The maximum atomic E-state index is 12.6. The monoisotopic (exact) mass is 350 g/mol. The van der Waals surface area contributed by atoms with Crippen LogP contribution in [0, 0.1) is 5.92 Å². The summed E-state index contributed by atoms with van der Waals surface area (Å²) in [5, 5.41) is 3.30. The third kappa shape index (κ3) is 6.73. The van der Waals surface area contributed by atoms with E-state index in [0.717, 1.165) is 38.8 Å². The number of hydrogen-bond acceptors (Lipinski definition) is 3. The van der Waals surface area contributed by atoms with Gasteiger partial charge in [-0.15, -0.1) is 0 Å². The summed E-state index contributed by atoms with van der Waals surface area (Å²) in [4.78, 5) is 26.5. The molecule has 144 valence electrons. The SMILES string of the molecule is CCCCCCCCCCCCC1CC(=O)N(C2CCNCC2)C1=O. The molecule has 2 amide bonds. The second kappa shape index (κ2) is 11.7. The Labute approximate surface area is 154 Å². The summed E-state index contributed by atoms with van der Waals surface area (Å²) in [6.45, 7) is 4.10. The molecule has 1 N–H and O–H groups in total. The molecular weight excluding hydrogens is 312 g/mol. The number of nitrogens with one attached hydrogen (secondary N) is 1. The van der Waals surface area contributed by atoms with E-state index in [9.17, 15) is 9.59 Å². The number of unbranched alkanes of at least 4 members (excludes halogenated alkanes) is 9. The fraction of sp³-hybridized carbons (Fsp3) is 0.905. The van der Waals surface area contributed by atoms with Crippen molar-refractivity contribution >= 4 is 11.8 Å². The Bertz CT molecular complexity index is 405. The van der Waals surface area contributed by atoms with Gasteiger partial charge in [-0.3, -0.25) is 14.5 Å². The Balaban J connectivity index is 1.54. The number of carbonyl (C=O) groups excluding carboxylic acids is 2. The highest BCUT2D eigenvalue weighted by Crippen LogP contribution is 2.29. The summed E-state index contributed by atoms with van der Waals surface area (Å²) in [6.07, 6.45) is 16.3. The van der Waals surface area contributed by atoms with Gasteiger partial charge in [-0.05, 0) is 32.4 Å². The van der Waals surface area contributed by atoms with Crippen molar-refractivity contribution in [1.82, 2.24) is 10.2 Å². The summed E-state index contributed by atoms with van der Waals surface area (Å²) in [6, 6.07) is 0.152. The highest BCUT2D eigenvalue weighted by molar-refractivity contribution is 6.03. The summed E-state index contributed by atoms with van der Waals surface area (Å²) >= 11 is 0. The highest BCUT2D eigenvalue weighted by atomic mass is 16.2. The average molecular weight is 351 g/mol. The van der Waals surface area contributed by atoms with Crippen LogP contribution in [-0.2, 0) is 9.59 Å². The largest absolute Gasteiger partial charge is 0.317 e. The van der Waals surface area contributed by atoms with Crippen LogP contribution >= 0.6 is 0 Å². The fourth-order valence-corrected chi connectivity index (χ4v) is 4.27. The van der Waals surface area contributed by atoms with Gasteiger partial charge in [-0.25, -0.2) is 0 Å². The minimum absolute atomic E-state index is 0.0311. The molecule has 2 rings (SSSR count). The second-order valence-corrected chi connectivity index (χ2v) is 7.95. The highest BCUT2D eigenvalue weighted by Gasteiger charge is 2.41. The van der Waals surface area contributed by atoms with Crippen LogP contribution in [0.2, 0.25) is 0 Å². The molecule has 0 aromatic rings. The van der Waals surface area contributed by atoms with E-state index in [1.807, 2.05) is 0 Å². The van der Waals surface area contributed by atoms with Gasteiger partial charge >= 0.3 is 0 Å². The van der Waals surface area contributed by atoms with Gasteiger partial charge in [-0.1, -0.05) is 71.1 Å². The zero-order chi connectivity index (χ0) is 17.9. The van der Waals surface area contributed by atoms with E-state index >= 15 is 0 Å². The summed E-state index contributed by atoms with van der Waals surface area (Å²) in [5.74, 6) is 0.165. The molecule has 2 aliphatic heterocycles. The molecule has 2 heterocycles. The van der Waals surface area contributed by atoms with Crippen LogP contribution in [-0.4, -0.2) is 35.8 Å². The first-order valence-electron chi connectivity index (χ1n) is 10.8. The topological polar surface area (TPSA) is 49.4 Å². The van der Waals surface area contributed by atoms with Crippen LogP contribution in [0.1, 0.15) is 96.8 Å². The minimum Gasteiger partial charge on any atom is -0.317 e. The van der Waals surface area contributed by atoms with E-state index < -0.39 is 0 Å². The summed E-state index contributed by atoms with van der Waals surface area (Å²) in [5.41, 5.74) is 0. The first-order chi connectivity index (χ1) is 12.2. The number of imide groups is 1. The lowest BCUT2D eigenvalue weighted by Gasteiger charge is -2.30. The molecule has 2 aliphatic rings. The number of carbonyl (C=O) groups is 2. The van der Waals surface area contributed by atoms with Crippen molar-refractivity contribution in [3.05, 3.63) is 0 Å². The molecule has 4 heteroatoms. The molecule has 0 aromatic heterocycles. The number of piperidine rings is 1. The van der Waals surface area contributed by atoms with Gasteiger partial charge in [0.2, 0.25) is 11.8 Å². The Morgan fingerprint density at radius 1 is 0.880 bits per heavy atom. The Morgan fingerprint density at radius 3 is 2.04 bits per heavy atom. The maximum absolute atomic E-state index is 12.6. The van der Waals surface area contributed by atoms with Crippen molar-refractivity contribution in [2.75, 3.05) is 13.1 Å². The third-order valence-corrected chi connectivity index (χ3v) is 5.86. The van der Waals surface area contributed by atoms with E-state index in [-0.39, 0.29) is 23.8 Å². The van der Waals surface area contributed by atoms with Crippen molar-refractivity contribution in [2.45, 2.75) is 103 Å². The van der Waals surface area contributed by atoms with E-state index in [0.29, 0.717) is 6.42 Å². The maximum Gasteiger partial charge on any atom is 0.233 e. The normalized spacial score (nSPS) is 22.1. The lowest BCUT2D eigenvalue weighted by atomic mass is 9.98. The van der Waals surface area contributed by atoms with Crippen LogP contribution in [0.25, 0.3) is 0 Å². The van der Waals surface area contributed by atoms with E-state index in [2.05, 4.69) is 12.2 Å². The number of nitrogens with zero attached hydrogens (tertiary/aromatic N) is 1. The van der Waals surface area contributed by atoms with Crippen LogP contribution in [0.15, 0.2) is 0 Å². The number of rotatable bonds is 12. The quantitative estimate of drug-likeness (QED) is 0.418. The van der Waals surface area contributed by atoms with Crippen molar-refractivity contribution in [3.8, 4) is 0 Å². The molecule has 4 nitrogen and oxygen atoms in total. The van der Waals surface area contributed by atoms with Crippen molar-refractivity contribution in [1.29, 1.82) is 0 Å². The lowest BCUT2D eigenvalue weighted by Crippen LogP contribution is -2.46. The van der Waals surface area contributed by atoms with Crippen LogP contribution in [0.3, 0.4) is 0 Å². The van der Waals surface area contributed by atoms with Gasteiger partial charge in [0.05, 0.1) is 0 Å². The van der Waals surface area contributed by atoms with Gasteiger partial charge in [0.25, 0.3) is 0 Å². The average Bonchev–Trinajstić information content (AvgIpc) is 2.91. The van der Waals surface area contributed by atoms with Crippen LogP contribution in [0.5, 0.6) is 0 Å². The summed E-state index contributed by atoms with van der Waals surface area (Å²) < 4.78 is 0. The molecule has 1 atom stereocenters. The van der Waals surface area contributed by atoms with Gasteiger partial charge in [0.1, 0.15) is 0 Å². The third-order valence-electron chi connectivity index (χ3n) is 5.86. The predicted octanol–water partition coefficient (Wildman–Crippen LogP) is 4.42. The van der Waals surface area contributed by atoms with E-state index in [1.54, 1.807) is 4.90 Å². The van der Waals surface area contributed by atoms with E-state index in [4.69, 9.17) is 0 Å². The molecule has 1 unspecified atom stereocenters. The molecule has 0 spiro atoms. The lowest BCUT2D eigenvalue weighted by molar-refractivity contribution is -0.142. The Morgan fingerprint density at radius 2 is 1.44 bits per heavy atom. The molecule has 2 fully saturated rings. The minimum atomic E-state index is -0.0311. The Hall–Kier alpha value is -0.900. The molecule has 0 bridgehead atoms. The predicted molar refractivity (Wildman–Crippen MR) is 102 cm³/mol. The van der Waals surface area contributed by atoms with Crippen molar-refractivity contribution < 1.29 is 9.59 Å². The number of likely N-dealkylation sites (tertiary alicyclic amines) is 1. The van der Waals surface area contributed by atoms with Crippen LogP contribution < -0.4 is 5.32 Å². The molecular formula is C21H38N2O2. The molecule has 0 saturated carbocycles. The molecule has 2 saturated heterocycles. The number of hydrogen-bond donors (Lipinski definition) is 1. The Kier molecular flexibility index (Phi) is 9.52. The van der Waals surface area contributed by atoms with Crippen LogP contribution in [0.4, 0.5) is 0 Å². The standard InChI is InChI=1S/C21H38N2O2/c1-2-3-4-5-6-7-8-9-10-11-12-18-17-20(24)23(21(18)25)19-13-15-22-16-14-19/h18-19,22H,2-17H2,1H3. The molecule has 0 aromatic carbocycles. The molecule has 0 aliphatic carbocycles. The first-order valence-corrected chi connectivity index (χ1v) is 10.8. The van der Waals surface area contributed by atoms with Gasteiger partial charge in [0, 0.05) is 18.4 Å². The first kappa shape index (κ1) is 20.4. The van der Waals surface area contributed by atoms with Gasteiger partial charge < -0.3 is 5.32 Å². The molecule has 25 heavy (non-hydrogen) atoms. The summed E-state index contributed by atoms with van der Waals surface area (Å²) in [7, 11) is 0. The molecule has 0 radical (unpaired) electrons. The number of amides is 2.